The fraction of sp³-hybridized carbons (Fsp3) is 0.500. The molecule has 2 aliphatic heterocycles. The normalized spacial score (nSPS) is 29.0. The Kier molecular flexibility index (Phi) is 5.26. The van der Waals surface area contributed by atoms with Crippen molar-refractivity contribution in [3.8, 4) is 0 Å². The van der Waals surface area contributed by atoms with Gasteiger partial charge in [0.1, 0.15) is 5.82 Å². The van der Waals surface area contributed by atoms with Crippen LogP contribution in [0.5, 0.6) is 0 Å². The molecule has 3 aliphatic rings. The second-order valence-electron chi connectivity index (χ2n) is 9.87. The molecule has 5 nitrogen and oxygen atoms in total. The van der Waals surface area contributed by atoms with Gasteiger partial charge in [0.25, 0.3) is 5.91 Å². The molecule has 0 spiro atoms. The van der Waals surface area contributed by atoms with Gasteiger partial charge >= 0.3 is 0 Å². The van der Waals surface area contributed by atoms with E-state index in [1.54, 1.807) is 43.5 Å². The van der Waals surface area contributed by atoms with Gasteiger partial charge in [-0.15, -0.1) is 0 Å². The molecule has 0 unspecified atom stereocenters. The van der Waals surface area contributed by atoms with Crippen LogP contribution >= 0.6 is 0 Å². The van der Waals surface area contributed by atoms with E-state index in [2.05, 4.69) is 16.8 Å². The van der Waals surface area contributed by atoms with Crippen molar-refractivity contribution in [2.24, 2.45) is 5.41 Å². The molecule has 2 aromatic rings. The molecule has 1 aromatic heterocycles. The molecule has 2 amide bonds. The molecule has 0 radical (unpaired) electrons. The highest BCUT2D eigenvalue weighted by Gasteiger charge is 2.60. The minimum Gasteiger partial charge on any atom is -0.335 e. The molecule has 2 bridgehead atoms. The van der Waals surface area contributed by atoms with Crippen molar-refractivity contribution in [3.05, 3.63) is 65.2 Å². The van der Waals surface area contributed by atoms with Gasteiger partial charge < -0.3 is 9.80 Å². The van der Waals surface area contributed by atoms with Crippen LogP contribution in [-0.2, 0) is 11.2 Å². The third-order valence-electron chi connectivity index (χ3n) is 7.93. The maximum atomic E-state index is 14.1. The minimum absolute atomic E-state index is 0.00541. The van der Waals surface area contributed by atoms with Gasteiger partial charge in [0.05, 0.1) is 6.04 Å². The number of piperidine rings is 1. The summed E-state index contributed by atoms with van der Waals surface area (Å²) in [6.45, 7) is 4.52. The van der Waals surface area contributed by atoms with Gasteiger partial charge in [-0.25, -0.2) is 4.39 Å². The number of aromatic nitrogens is 1. The molecule has 5 rings (SSSR count). The molecule has 6 heteroatoms. The predicted molar refractivity (Wildman–Crippen MR) is 120 cm³/mol. The molecule has 168 valence electrons. The fourth-order valence-corrected chi connectivity index (χ4v) is 6.58. The molecule has 4 atom stereocenters. The van der Waals surface area contributed by atoms with Crippen LogP contribution in [0, 0.1) is 11.2 Å². The number of pyridine rings is 1. The maximum Gasteiger partial charge on any atom is 0.254 e. The average Bonchev–Trinajstić information content (AvgIpc) is 2.88. The Morgan fingerprint density at radius 1 is 1.16 bits per heavy atom. The maximum absolute atomic E-state index is 14.1. The van der Waals surface area contributed by atoms with Gasteiger partial charge in [-0.2, -0.15) is 0 Å². The number of benzene rings is 1. The number of amides is 2. The zero-order valence-electron chi connectivity index (χ0n) is 18.8. The summed E-state index contributed by atoms with van der Waals surface area (Å²) >= 11 is 0. The van der Waals surface area contributed by atoms with Crippen molar-refractivity contribution in [1.82, 2.24) is 14.8 Å². The summed E-state index contributed by atoms with van der Waals surface area (Å²) < 4.78 is 14.1. The van der Waals surface area contributed by atoms with E-state index in [-0.39, 0.29) is 41.2 Å². The van der Waals surface area contributed by atoms with Crippen LogP contribution in [0.2, 0.25) is 0 Å². The van der Waals surface area contributed by atoms with Crippen molar-refractivity contribution in [2.75, 3.05) is 6.54 Å². The Balaban J connectivity index is 1.45. The first-order valence-corrected chi connectivity index (χ1v) is 11.7. The van der Waals surface area contributed by atoms with E-state index in [4.69, 9.17) is 0 Å². The summed E-state index contributed by atoms with van der Waals surface area (Å²) in [5.74, 6) is -0.149. The lowest BCUT2D eigenvalue weighted by atomic mass is 9.71. The highest BCUT2D eigenvalue weighted by atomic mass is 19.1. The van der Waals surface area contributed by atoms with Crippen molar-refractivity contribution in [1.29, 1.82) is 0 Å². The van der Waals surface area contributed by atoms with Crippen molar-refractivity contribution < 1.29 is 14.0 Å². The summed E-state index contributed by atoms with van der Waals surface area (Å²) in [5, 5.41) is 0. The largest absolute Gasteiger partial charge is 0.335 e. The van der Waals surface area contributed by atoms with Crippen LogP contribution in [0.3, 0.4) is 0 Å². The summed E-state index contributed by atoms with van der Waals surface area (Å²) in [6, 6.07) is 10.6. The quantitative estimate of drug-likeness (QED) is 0.726. The lowest BCUT2D eigenvalue weighted by Gasteiger charge is -2.46. The van der Waals surface area contributed by atoms with Crippen molar-refractivity contribution >= 4 is 11.8 Å². The number of carbonyl (C=O) groups excluding carboxylic acids is 2. The van der Waals surface area contributed by atoms with E-state index in [9.17, 15) is 14.0 Å². The van der Waals surface area contributed by atoms with E-state index in [1.165, 1.54) is 6.07 Å². The SMILES string of the molecule is CC(=O)N1[C@@H]2CN(C(=O)c3ccnc(Cc4ccccc4F)c3)[C@@H]3CCCC[C@H]1[C@]3(C)C2. The predicted octanol–water partition coefficient (Wildman–Crippen LogP) is 4.21. The van der Waals surface area contributed by atoms with Gasteiger partial charge in [0, 0.05) is 54.8 Å². The van der Waals surface area contributed by atoms with Crippen molar-refractivity contribution in [2.45, 2.75) is 70.5 Å². The number of nitrogens with zero attached hydrogens (tertiary/aromatic N) is 3. The smallest absolute Gasteiger partial charge is 0.254 e. The van der Waals surface area contributed by atoms with Crippen LogP contribution in [0.25, 0.3) is 0 Å². The summed E-state index contributed by atoms with van der Waals surface area (Å²) in [7, 11) is 0. The zero-order valence-corrected chi connectivity index (χ0v) is 18.8. The standard InChI is InChI=1S/C26H30FN3O2/c1-17(31)30-21-15-26(2)23(9-5-6-10-24(26)30)29(16-21)25(32)19-11-12-28-20(14-19)13-18-7-3-4-8-22(18)27/h3-4,7-8,11-12,14,21,23-24H,5-6,9-10,13,15-16H2,1-2H3/t21-,23+,24-,26+/m0/s1. The van der Waals surface area contributed by atoms with E-state index in [0.717, 1.165) is 32.1 Å². The average molecular weight is 436 g/mol. The molecular formula is C26H30FN3O2. The molecular weight excluding hydrogens is 405 g/mol. The highest BCUT2D eigenvalue weighted by molar-refractivity contribution is 5.95. The molecule has 0 N–H and O–H groups in total. The van der Waals surface area contributed by atoms with Crippen LogP contribution in [-0.4, -0.2) is 51.3 Å². The summed E-state index contributed by atoms with van der Waals surface area (Å²) in [5.41, 5.74) is 1.77. The molecule has 3 heterocycles. The van der Waals surface area contributed by atoms with Gasteiger partial charge in [0.2, 0.25) is 5.91 Å². The first-order valence-electron chi connectivity index (χ1n) is 11.7. The fourth-order valence-electron chi connectivity index (χ4n) is 6.58. The van der Waals surface area contributed by atoms with Crippen molar-refractivity contribution in [3.63, 3.8) is 0 Å². The number of hydrogen-bond donors (Lipinski definition) is 0. The first-order chi connectivity index (χ1) is 15.4. The zero-order chi connectivity index (χ0) is 22.5. The van der Waals surface area contributed by atoms with Crippen LogP contribution in [0.4, 0.5) is 4.39 Å². The number of likely N-dealkylation sites (tertiary alicyclic amines) is 2. The van der Waals surface area contributed by atoms with E-state index in [0.29, 0.717) is 29.8 Å². The third kappa shape index (κ3) is 3.40. The van der Waals surface area contributed by atoms with E-state index < -0.39 is 0 Å². The summed E-state index contributed by atoms with van der Waals surface area (Å²) in [4.78, 5) is 34.7. The van der Waals surface area contributed by atoms with Crippen LogP contribution in [0.15, 0.2) is 42.6 Å². The van der Waals surface area contributed by atoms with E-state index >= 15 is 0 Å². The van der Waals surface area contributed by atoms with Gasteiger partial charge in [-0.1, -0.05) is 38.0 Å². The third-order valence-corrected chi connectivity index (χ3v) is 7.93. The molecule has 32 heavy (non-hydrogen) atoms. The first kappa shape index (κ1) is 21.1. The second kappa shape index (κ2) is 7.98. The Morgan fingerprint density at radius 2 is 1.91 bits per heavy atom. The topological polar surface area (TPSA) is 53.5 Å². The van der Waals surface area contributed by atoms with Gasteiger partial charge in [-0.05, 0) is 43.0 Å². The molecule has 1 aromatic carbocycles. The van der Waals surface area contributed by atoms with E-state index in [1.807, 2.05) is 4.90 Å². The molecule has 1 saturated carbocycles. The lowest BCUT2D eigenvalue weighted by Crippen LogP contribution is -2.55. The number of rotatable bonds is 3. The van der Waals surface area contributed by atoms with Gasteiger partial charge in [0.15, 0.2) is 0 Å². The minimum atomic E-state index is -0.264. The number of carbonyl (C=O) groups is 2. The Morgan fingerprint density at radius 3 is 2.66 bits per heavy atom. The Bertz CT molecular complexity index is 1060. The lowest BCUT2D eigenvalue weighted by molar-refractivity contribution is -0.132. The van der Waals surface area contributed by atoms with Crippen LogP contribution in [0.1, 0.15) is 67.6 Å². The second-order valence-corrected chi connectivity index (χ2v) is 9.87. The molecule has 1 aliphatic carbocycles. The number of hydrogen-bond acceptors (Lipinski definition) is 3. The Hall–Kier alpha value is -2.76. The molecule has 2 saturated heterocycles. The highest BCUT2D eigenvalue weighted by Crippen LogP contribution is 2.53. The number of halogens is 1. The Labute approximate surface area is 188 Å². The van der Waals surface area contributed by atoms with Gasteiger partial charge in [-0.3, -0.25) is 14.6 Å². The van der Waals surface area contributed by atoms with Crippen LogP contribution < -0.4 is 0 Å². The monoisotopic (exact) mass is 435 g/mol. The number of fused-ring (bicyclic) bond motifs is 1. The summed E-state index contributed by atoms with van der Waals surface area (Å²) in [6.07, 6.45) is 7.13. The molecule has 3 fully saturated rings.